The van der Waals surface area contributed by atoms with E-state index in [4.69, 9.17) is 18.9 Å². The Morgan fingerprint density at radius 1 is 0.690 bits per heavy atom. The van der Waals surface area contributed by atoms with Crippen molar-refractivity contribution in [3.63, 3.8) is 0 Å². The first kappa shape index (κ1) is 32.9. The molecule has 0 radical (unpaired) electrons. The lowest BCUT2D eigenvalue weighted by Gasteiger charge is -2.19. The average Bonchev–Trinajstić information content (AvgIpc) is 3.00. The normalized spacial score (nSPS) is 12.0. The van der Waals surface area contributed by atoms with Crippen molar-refractivity contribution in [2.75, 3.05) is 24.7 Å². The topological polar surface area (TPSA) is 71.1 Å². The van der Waals surface area contributed by atoms with Crippen molar-refractivity contribution >= 4 is 35.5 Å². The number of carbonyl (C=O) groups is 2. The molecule has 0 aliphatic rings. The van der Waals surface area contributed by atoms with Crippen molar-refractivity contribution in [2.45, 2.75) is 37.6 Å². The molecule has 0 bridgehead atoms. The summed E-state index contributed by atoms with van der Waals surface area (Å²) in [5, 5.41) is 0. The fourth-order valence-electron chi connectivity index (χ4n) is 3.67. The van der Waals surface area contributed by atoms with Crippen LogP contribution in [0.2, 0.25) is 0 Å². The molecule has 3 rings (SSSR count). The van der Waals surface area contributed by atoms with Crippen LogP contribution in [-0.4, -0.2) is 48.9 Å². The quantitative estimate of drug-likeness (QED) is 0.112. The minimum absolute atomic E-state index is 0.180. The van der Waals surface area contributed by atoms with E-state index in [1.807, 2.05) is 18.2 Å². The average molecular weight is 607 g/mol. The van der Waals surface area contributed by atoms with Gasteiger partial charge in [0.15, 0.2) is 0 Å². The number of hydrogen-bond acceptors (Lipinski definition) is 8. The van der Waals surface area contributed by atoms with E-state index in [-0.39, 0.29) is 13.2 Å². The van der Waals surface area contributed by atoms with Crippen LogP contribution in [0.3, 0.4) is 0 Å². The minimum Gasteiger partial charge on any atom is -0.490 e. The van der Waals surface area contributed by atoms with Crippen LogP contribution >= 0.6 is 23.5 Å². The zero-order valence-corrected chi connectivity index (χ0v) is 25.8. The first-order chi connectivity index (χ1) is 20.3. The highest BCUT2D eigenvalue weighted by molar-refractivity contribution is 7.98. The van der Waals surface area contributed by atoms with Gasteiger partial charge in [0.05, 0.1) is 0 Å². The van der Waals surface area contributed by atoms with Gasteiger partial charge in [0.2, 0.25) is 0 Å². The number of esters is 2. The fourth-order valence-corrected chi connectivity index (χ4v) is 5.62. The van der Waals surface area contributed by atoms with Crippen molar-refractivity contribution in [3.8, 4) is 11.5 Å². The smallest absolute Gasteiger partial charge is 0.330 e. The molecule has 0 aromatic heterocycles. The highest BCUT2D eigenvalue weighted by Gasteiger charge is 2.17. The van der Waals surface area contributed by atoms with Gasteiger partial charge in [-0.15, -0.1) is 0 Å². The Morgan fingerprint density at radius 2 is 1.10 bits per heavy atom. The van der Waals surface area contributed by atoms with Crippen molar-refractivity contribution in [3.05, 3.63) is 120 Å². The molecule has 0 aliphatic heterocycles. The van der Waals surface area contributed by atoms with Gasteiger partial charge in [-0.1, -0.05) is 78.9 Å². The Labute approximate surface area is 257 Å². The lowest BCUT2D eigenvalue weighted by atomic mass is 10.2. The molecule has 0 aliphatic carbocycles. The molecule has 0 spiro atoms. The van der Waals surface area contributed by atoms with Gasteiger partial charge in [-0.05, 0) is 37.1 Å². The summed E-state index contributed by atoms with van der Waals surface area (Å²) in [6.07, 6.45) is 1.40. The Hall–Kier alpha value is -3.62. The standard InChI is InChI=1S/C34H38O6S2/c1-5-33(35)39-31(23-41-21-27-14-10-25(3)11-15-27)19-37-29-8-7-9-30(18-29)38-20-32(40-34(36)6-2)24-42-22-28-16-12-26(4)13-17-28/h5-18,31-32H,1-2,19-24H2,3-4H3. The van der Waals surface area contributed by atoms with Crippen LogP contribution in [0.4, 0.5) is 0 Å². The Bertz CT molecular complexity index is 1190. The molecular weight excluding hydrogens is 569 g/mol. The summed E-state index contributed by atoms with van der Waals surface area (Å²) in [6, 6.07) is 23.9. The third-order valence-corrected chi connectivity index (χ3v) is 8.25. The summed E-state index contributed by atoms with van der Waals surface area (Å²) < 4.78 is 23.0. The van der Waals surface area contributed by atoms with Crippen molar-refractivity contribution in [1.29, 1.82) is 0 Å². The van der Waals surface area contributed by atoms with E-state index in [0.29, 0.717) is 23.0 Å². The van der Waals surface area contributed by atoms with Crippen LogP contribution in [0.25, 0.3) is 0 Å². The molecule has 8 heteroatoms. The molecule has 0 saturated heterocycles. The zero-order chi connectivity index (χ0) is 30.2. The lowest BCUT2D eigenvalue weighted by molar-refractivity contribution is -0.144. The maximum atomic E-state index is 11.9. The highest BCUT2D eigenvalue weighted by atomic mass is 32.2. The number of thioether (sulfide) groups is 2. The van der Waals surface area contributed by atoms with Crippen LogP contribution in [0.5, 0.6) is 11.5 Å². The Kier molecular flexibility index (Phi) is 14.1. The number of aryl methyl sites for hydroxylation is 2. The first-order valence-electron chi connectivity index (χ1n) is 13.6. The minimum atomic E-state index is -0.489. The highest BCUT2D eigenvalue weighted by Crippen LogP contribution is 2.22. The number of ether oxygens (including phenoxy) is 4. The molecule has 0 heterocycles. The third-order valence-electron chi connectivity index (χ3n) is 5.96. The van der Waals surface area contributed by atoms with Gasteiger partial charge in [0, 0.05) is 41.2 Å². The van der Waals surface area contributed by atoms with Gasteiger partial charge in [0.25, 0.3) is 0 Å². The number of benzene rings is 3. The van der Waals surface area contributed by atoms with E-state index in [1.54, 1.807) is 29.6 Å². The molecule has 3 aromatic carbocycles. The van der Waals surface area contributed by atoms with Crippen LogP contribution in [-0.2, 0) is 30.6 Å². The van der Waals surface area contributed by atoms with Gasteiger partial charge in [-0.2, -0.15) is 23.5 Å². The van der Waals surface area contributed by atoms with Crippen molar-refractivity contribution in [2.24, 2.45) is 0 Å². The monoisotopic (exact) mass is 606 g/mol. The molecule has 222 valence electrons. The summed E-state index contributed by atoms with van der Waals surface area (Å²) in [6.45, 7) is 11.5. The van der Waals surface area contributed by atoms with Gasteiger partial charge in [-0.3, -0.25) is 0 Å². The molecular formula is C34H38O6S2. The number of rotatable bonds is 18. The number of carbonyl (C=O) groups excluding carboxylic acids is 2. The maximum Gasteiger partial charge on any atom is 0.330 e. The Morgan fingerprint density at radius 3 is 1.48 bits per heavy atom. The second-order valence-electron chi connectivity index (χ2n) is 9.62. The van der Waals surface area contributed by atoms with Gasteiger partial charge in [-0.25, -0.2) is 9.59 Å². The predicted molar refractivity (Wildman–Crippen MR) is 172 cm³/mol. The molecule has 0 N–H and O–H groups in total. The van der Waals surface area contributed by atoms with E-state index < -0.39 is 24.1 Å². The summed E-state index contributed by atoms with van der Waals surface area (Å²) >= 11 is 3.34. The molecule has 6 nitrogen and oxygen atoms in total. The summed E-state index contributed by atoms with van der Waals surface area (Å²) in [5.41, 5.74) is 4.84. The number of hydrogen-bond donors (Lipinski definition) is 0. The van der Waals surface area contributed by atoms with Crippen LogP contribution in [0, 0.1) is 13.8 Å². The van der Waals surface area contributed by atoms with Gasteiger partial charge in [0.1, 0.15) is 36.9 Å². The molecule has 0 fully saturated rings. The van der Waals surface area contributed by atoms with Crippen LogP contribution in [0.1, 0.15) is 22.3 Å². The summed E-state index contributed by atoms with van der Waals surface area (Å²) in [7, 11) is 0. The van der Waals surface area contributed by atoms with E-state index in [1.165, 1.54) is 22.3 Å². The van der Waals surface area contributed by atoms with Crippen LogP contribution in [0.15, 0.2) is 98.1 Å². The van der Waals surface area contributed by atoms with Crippen LogP contribution < -0.4 is 9.47 Å². The molecule has 3 aromatic rings. The third kappa shape index (κ3) is 12.5. The summed E-state index contributed by atoms with van der Waals surface area (Å²) in [4.78, 5) is 23.8. The van der Waals surface area contributed by atoms with Crippen molar-refractivity contribution < 1.29 is 28.5 Å². The van der Waals surface area contributed by atoms with Crippen molar-refractivity contribution in [1.82, 2.24) is 0 Å². The lowest BCUT2D eigenvalue weighted by Crippen LogP contribution is -2.27. The molecule has 0 saturated carbocycles. The predicted octanol–water partition coefficient (Wildman–Crippen LogP) is 7.12. The maximum absolute atomic E-state index is 11.9. The molecule has 42 heavy (non-hydrogen) atoms. The molecule has 2 unspecified atom stereocenters. The SMILES string of the molecule is C=CC(=O)OC(COc1cccc(OCC(CSCc2ccc(C)cc2)OC(=O)C=C)c1)CSCc1ccc(C)cc1. The first-order valence-corrected chi connectivity index (χ1v) is 15.9. The second-order valence-corrected chi connectivity index (χ2v) is 11.7. The van der Waals surface area contributed by atoms with Gasteiger partial charge < -0.3 is 18.9 Å². The second kappa shape index (κ2) is 18.0. The zero-order valence-electron chi connectivity index (χ0n) is 24.2. The molecule has 0 amide bonds. The summed E-state index contributed by atoms with van der Waals surface area (Å²) in [5.74, 6) is 2.90. The Balaban J connectivity index is 1.52. The van der Waals surface area contributed by atoms with Gasteiger partial charge >= 0.3 is 11.9 Å². The van der Waals surface area contributed by atoms with E-state index >= 15 is 0 Å². The van der Waals surface area contributed by atoms with E-state index in [9.17, 15) is 9.59 Å². The molecule has 2 atom stereocenters. The largest absolute Gasteiger partial charge is 0.490 e. The van der Waals surface area contributed by atoms with E-state index in [2.05, 4.69) is 75.5 Å². The fraction of sp³-hybridized carbons (Fsp3) is 0.294. The van der Waals surface area contributed by atoms with E-state index in [0.717, 1.165) is 23.7 Å².